The first-order valence-electron chi connectivity index (χ1n) is 21.0. The molecule has 0 spiro atoms. The van der Waals surface area contributed by atoms with Crippen molar-refractivity contribution in [2.24, 2.45) is 16.2 Å². The van der Waals surface area contributed by atoms with E-state index in [4.69, 9.17) is 14.2 Å². The molecule has 0 N–H and O–H groups in total. The average molecular weight is 803 g/mol. The van der Waals surface area contributed by atoms with E-state index in [-0.39, 0.29) is 95.5 Å². The Hall–Kier alpha value is -1.59. The van der Waals surface area contributed by atoms with Gasteiger partial charge in [-0.1, -0.05) is 117 Å². The van der Waals surface area contributed by atoms with E-state index in [0.717, 1.165) is 64.2 Å². The third-order valence-electron chi connectivity index (χ3n) is 12.5. The van der Waals surface area contributed by atoms with Gasteiger partial charge in [-0.05, 0) is 158 Å². The first kappa shape index (κ1) is 66.2. The molecule has 3 fully saturated rings. The maximum Gasteiger partial charge on any atom is 0.312 e. The molecule has 6 heteroatoms. The Morgan fingerprint density at radius 2 is 0.607 bits per heavy atom. The van der Waals surface area contributed by atoms with Gasteiger partial charge in [-0.3, -0.25) is 14.4 Å². The summed E-state index contributed by atoms with van der Waals surface area (Å²) in [5.74, 6) is -0.0715. The van der Waals surface area contributed by atoms with Gasteiger partial charge in [0.15, 0.2) is 0 Å². The quantitative estimate of drug-likeness (QED) is 0.162. The highest BCUT2D eigenvalue weighted by Crippen LogP contribution is 2.39. The fraction of sp³-hybridized carbons (Fsp3) is 0.940. The first-order valence-corrected chi connectivity index (χ1v) is 21.0. The van der Waals surface area contributed by atoms with Gasteiger partial charge < -0.3 is 14.2 Å². The number of carbonyl (C=O) groups excluding carboxylic acids is 3. The molecule has 0 unspecified atom stereocenters. The normalized spacial score (nSPS) is 18.9. The number of hydrogen-bond acceptors (Lipinski definition) is 6. The molecule has 56 heavy (non-hydrogen) atoms. The second kappa shape index (κ2) is 30.5. The SMILES string of the molecule is C.C.C.C.C.C.CCC(C)(C)C(=O)OC1(C)CCCC1.CCC(C)(C)C(=O)OC1(C)CCCCCCCCCCC1.CCC1(OC(=O)C(C)(C)CC)CCCC1. The lowest BCUT2D eigenvalue weighted by Gasteiger charge is -2.34. The Labute approximate surface area is 353 Å². The molecule has 0 amide bonds. The van der Waals surface area contributed by atoms with Gasteiger partial charge in [-0.15, -0.1) is 0 Å². The molecule has 0 saturated heterocycles. The van der Waals surface area contributed by atoms with Gasteiger partial charge in [-0.2, -0.15) is 0 Å². The van der Waals surface area contributed by atoms with E-state index in [9.17, 15) is 14.4 Å². The smallest absolute Gasteiger partial charge is 0.312 e. The van der Waals surface area contributed by atoms with Crippen LogP contribution in [0, 0.1) is 16.2 Å². The second-order valence-corrected chi connectivity index (χ2v) is 18.4. The molecular formula is C50H106O6. The Morgan fingerprint density at radius 3 is 0.857 bits per heavy atom. The predicted octanol–water partition coefficient (Wildman–Crippen LogP) is 16.8. The molecule has 0 aromatic rings. The van der Waals surface area contributed by atoms with Gasteiger partial charge in [0.1, 0.15) is 16.8 Å². The van der Waals surface area contributed by atoms with E-state index < -0.39 is 0 Å². The van der Waals surface area contributed by atoms with Crippen LogP contribution in [-0.2, 0) is 28.6 Å². The van der Waals surface area contributed by atoms with Crippen LogP contribution in [0.5, 0.6) is 0 Å². The van der Waals surface area contributed by atoms with Gasteiger partial charge in [0.25, 0.3) is 0 Å². The fourth-order valence-corrected chi connectivity index (χ4v) is 6.73. The zero-order valence-electron chi connectivity index (χ0n) is 35.2. The standard InChI is InChI=1S/C19H36O2.C13H24O2.C12H22O2.6CH4/c1-5-18(2,3)17(20)21-19(4)15-13-11-9-7-6-8-10-12-14-16-19;1-5-12(3,4)11(14)15-13(6-2)9-7-8-10-13;1-5-11(2,3)10(13)14-12(4)8-6-7-9-12;;;;;;/h5-16H2,1-4H3;5-10H2,1-4H3;5-9H2,1-4H3;6*1H4. The predicted molar refractivity (Wildman–Crippen MR) is 248 cm³/mol. The molecule has 3 aliphatic rings. The van der Waals surface area contributed by atoms with Crippen LogP contribution >= 0.6 is 0 Å². The number of hydrogen-bond donors (Lipinski definition) is 0. The summed E-state index contributed by atoms with van der Waals surface area (Å²) in [4.78, 5) is 36.3. The molecule has 0 aliphatic heterocycles. The highest BCUT2D eigenvalue weighted by atomic mass is 16.6. The van der Waals surface area contributed by atoms with Crippen molar-refractivity contribution in [2.75, 3.05) is 0 Å². The van der Waals surface area contributed by atoms with Gasteiger partial charge in [0, 0.05) is 0 Å². The Morgan fingerprint density at radius 1 is 0.393 bits per heavy atom. The molecule has 3 rings (SSSR count). The van der Waals surface area contributed by atoms with Crippen LogP contribution in [0.1, 0.15) is 275 Å². The number of rotatable bonds is 10. The summed E-state index contributed by atoms with van der Waals surface area (Å²) >= 11 is 0. The largest absolute Gasteiger partial charge is 0.459 e. The molecule has 3 saturated carbocycles. The number of carbonyl (C=O) groups is 3. The first-order chi connectivity index (χ1) is 23.2. The Bertz CT molecular complexity index is 985. The van der Waals surface area contributed by atoms with Crippen molar-refractivity contribution in [3.05, 3.63) is 0 Å². The lowest BCUT2D eigenvalue weighted by Crippen LogP contribution is -2.37. The van der Waals surface area contributed by atoms with Crippen molar-refractivity contribution in [3.8, 4) is 0 Å². The maximum absolute atomic E-state index is 12.4. The maximum atomic E-state index is 12.4. The lowest BCUT2D eigenvalue weighted by molar-refractivity contribution is -0.171. The molecule has 0 heterocycles. The lowest BCUT2D eigenvalue weighted by atomic mass is 9.87. The molecule has 0 bridgehead atoms. The third-order valence-corrected chi connectivity index (χ3v) is 12.5. The van der Waals surface area contributed by atoms with Crippen LogP contribution < -0.4 is 0 Å². The molecule has 0 aromatic heterocycles. The van der Waals surface area contributed by atoms with Crippen molar-refractivity contribution in [3.63, 3.8) is 0 Å². The summed E-state index contributed by atoms with van der Waals surface area (Å²) in [6.07, 6.45) is 26.2. The molecule has 0 aromatic carbocycles. The molecule has 342 valence electrons. The number of ether oxygens (including phenoxy) is 3. The summed E-state index contributed by atoms with van der Waals surface area (Å²) in [5.41, 5.74) is -1.57. The van der Waals surface area contributed by atoms with Crippen molar-refractivity contribution in [1.29, 1.82) is 0 Å². The van der Waals surface area contributed by atoms with Crippen LogP contribution in [0.3, 0.4) is 0 Å². The van der Waals surface area contributed by atoms with Crippen LogP contribution in [0.4, 0.5) is 0 Å². The van der Waals surface area contributed by atoms with Crippen LogP contribution in [0.2, 0.25) is 0 Å². The van der Waals surface area contributed by atoms with E-state index in [1.54, 1.807) is 0 Å². The third kappa shape index (κ3) is 23.1. The summed E-state index contributed by atoms with van der Waals surface area (Å²) in [5, 5.41) is 0. The fourth-order valence-electron chi connectivity index (χ4n) is 6.73. The summed E-state index contributed by atoms with van der Waals surface area (Å²) < 4.78 is 17.4. The zero-order chi connectivity index (χ0) is 38.1. The van der Waals surface area contributed by atoms with Crippen LogP contribution in [-0.4, -0.2) is 34.7 Å². The summed E-state index contributed by atoms with van der Waals surface area (Å²) in [6.45, 7) is 24.3. The van der Waals surface area contributed by atoms with Gasteiger partial charge in [0.05, 0.1) is 16.2 Å². The van der Waals surface area contributed by atoms with Crippen molar-refractivity contribution in [1.82, 2.24) is 0 Å². The average Bonchev–Trinajstić information content (AvgIpc) is 3.72. The summed E-state index contributed by atoms with van der Waals surface area (Å²) in [7, 11) is 0. The molecule has 6 nitrogen and oxygen atoms in total. The van der Waals surface area contributed by atoms with Crippen molar-refractivity contribution < 1.29 is 28.6 Å². The molecule has 3 aliphatic carbocycles. The molecule has 0 radical (unpaired) electrons. The minimum absolute atomic E-state index is 0. The molecule has 0 atom stereocenters. The highest BCUT2D eigenvalue weighted by Gasteiger charge is 2.40. The zero-order valence-corrected chi connectivity index (χ0v) is 35.2. The minimum Gasteiger partial charge on any atom is -0.459 e. The number of esters is 3. The second-order valence-electron chi connectivity index (χ2n) is 18.4. The Balaban J connectivity index is -0.000000162. The van der Waals surface area contributed by atoms with E-state index in [0.29, 0.717) is 0 Å². The van der Waals surface area contributed by atoms with E-state index in [1.807, 2.05) is 55.4 Å². The highest BCUT2D eigenvalue weighted by molar-refractivity contribution is 5.77. The van der Waals surface area contributed by atoms with Crippen LogP contribution in [0.15, 0.2) is 0 Å². The van der Waals surface area contributed by atoms with Gasteiger partial charge >= 0.3 is 17.9 Å². The van der Waals surface area contributed by atoms with E-state index >= 15 is 0 Å². The summed E-state index contributed by atoms with van der Waals surface area (Å²) in [6, 6.07) is 0. The van der Waals surface area contributed by atoms with Gasteiger partial charge in [0.2, 0.25) is 0 Å². The molecular weight excluding hydrogens is 697 g/mol. The van der Waals surface area contributed by atoms with E-state index in [1.165, 1.54) is 83.5 Å². The van der Waals surface area contributed by atoms with E-state index in [2.05, 4.69) is 27.7 Å². The van der Waals surface area contributed by atoms with Crippen molar-refractivity contribution in [2.45, 2.75) is 292 Å². The minimum atomic E-state index is -0.354. The monoisotopic (exact) mass is 803 g/mol. The Kier molecular flexibility index (Phi) is 36.0. The van der Waals surface area contributed by atoms with Gasteiger partial charge in [-0.25, -0.2) is 0 Å². The van der Waals surface area contributed by atoms with Crippen molar-refractivity contribution >= 4 is 17.9 Å². The topological polar surface area (TPSA) is 78.9 Å². The van der Waals surface area contributed by atoms with Crippen LogP contribution in [0.25, 0.3) is 0 Å².